The van der Waals surface area contributed by atoms with Gasteiger partial charge in [0.25, 0.3) is 0 Å². The molecule has 10 nitrogen and oxygen atoms in total. The Morgan fingerprint density at radius 2 is 1.16 bits per heavy atom. The largest absolute Gasteiger partial charge is 0.460 e. The standard InChI is InChI=1S/C33H32O10/c1-4-31(35)40-17-15-38-13-14-39-16-18-41-32(36)23-5-7-24(8-6-23)33(37)43-26-10-12-28-27-11-9-25(42-22(3)34)19-29(27)21(2)30(28)20-26/h4-12,19-21H,1,13-18H2,2-3H3. The van der Waals surface area contributed by atoms with Crippen LogP contribution in [0.25, 0.3) is 11.1 Å². The van der Waals surface area contributed by atoms with Gasteiger partial charge in [-0.25, -0.2) is 14.4 Å². The summed E-state index contributed by atoms with van der Waals surface area (Å²) in [6, 6.07) is 17.0. The van der Waals surface area contributed by atoms with Crippen molar-refractivity contribution < 1.29 is 47.6 Å². The fourth-order valence-electron chi connectivity index (χ4n) is 4.52. The van der Waals surface area contributed by atoms with Crippen molar-refractivity contribution in [3.8, 4) is 22.6 Å². The first kappa shape index (κ1) is 31.1. The molecule has 0 fully saturated rings. The van der Waals surface area contributed by atoms with Gasteiger partial charge in [-0.05, 0) is 70.8 Å². The molecule has 0 amide bonds. The summed E-state index contributed by atoms with van der Waals surface area (Å²) >= 11 is 0. The summed E-state index contributed by atoms with van der Waals surface area (Å²) in [5.41, 5.74) is 4.66. The molecule has 1 unspecified atom stereocenters. The molecule has 3 aromatic rings. The lowest BCUT2D eigenvalue weighted by Gasteiger charge is -2.10. The number of ether oxygens (including phenoxy) is 6. The van der Waals surface area contributed by atoms with Crippen LogP contribution in [0.5, 0.6) is 11.5 Å². The van der Waals surface area contributed by atoms with E-state index in [4.69, 9.17) is 28.4 Å². The minimum Gasteiger partial charge on any atom is -0.460 e. The topological polar surface area (TPSA) is 124 Å². The minimum absolute atomic E-state index is 0.0174. The van der Waals surface area contributed by atoms with Crippen molar-refractivity contribution in [3.63, 3.8) is 0 Å². The molecule has 0 N–H and O–H groups in total. The highest BCUT2D eigenvalue weighted by Crippen LogP contribution is 2.47. The molecule has 224 valence electrons. The molecule has 0 aliphatic heterocycles. The average Bonchev–Trinajstić information content (AvgIpc) is 3.27. The summed E-state index contributed by atoms with van der Waals surface area (Å²) in [6.45, 7) is 7.89. The second-order valence-corrected chi connectivity index (χ2v) is 9.51. The molecule has 0 aromatic heterocycles. The second-order valence-electron chi connectivity index (χ2n) is 9.51. The van der Waals surface area contributed by atoms with E-state index < -0.39 is 17.9 Å². The minimum atomic E-state index is -0.560. The highest BCUT2D eigenvalue weighted by atomic mass is 16.6. The van der Waals surface area contributed by atoms with Gasteiger partial charge in [-0.1, -0.05) is 25.6 Å². The maximum Gasteiger partial charge on any atom is 0.343 e. The van der Waals surface area contributed by atoms with E-state index in [2.05, 4.69) is 6.58 Å². The van der Waals surface area contributed by atoms with Crippen LogP contribution in [0.1, 0.15) is 51.6 Å². The number of esters is 4. The van der Waals surface area contributed by atoms with Crippen molar-refractivity contribution in [2.45, 2.75) is 19.8 Å². The van der Waals surface area contributed by atoms with Crippen molar-refractivity contribution in [1.82, 2.24) is 0 Å². The first-order valence-electron chi connectivity index (χ1n) is 13.7. The van der Waals surface area contributed by atoms with Gasteiger partial charge in [-0.2, -0.15) is 0 Å². The lowest BCUT2D eigenvalue weighted by atomic mass is 9.99. The Balaban J connectivity index is 1.21. The lowest BCUT2D eigenvalue weighted by Crippen LogP contribution is -2.15. The van der Waals surface area contributed by atoms with Crippen LogP contribution in [-0.4, -0.2) is 63.5 Å². The summed E-state index contributed by atoms with van der Waals surface area (Å²) in [4.78, 5) is 47.4. The van der Waals surface area contributed by atoms with Gasteiger partial charge < -0.3 is 28.4 Å². The van der Waals surface area contributed by atoms with Gasteiger partial charge in [0.1, 0.15) is 24.7 Å². The zero-order valence-corrected chi connectivity index (χ0v) is 24.0. The van der Waals surface area contributed by atoms with Gasteiger partial charge >= 0.3 is 23.9 Å². The van der Waals surface area contributed by atoms with Crippen molar-refractivity contribution in [2.75, 3.05) is 39.6 Å². The first-order valence-corrected chi connectivity index (χ1v) is 13.7. The number of hydrogen-bond donors (Lipinski definition) is 0. The summed E-state index contributed by atoms with van der Waals surface area (Å²) < 4.78 is 31.4. The zero-order valence-electron chi connectivity index (χ0n) is 24.0. The number of hydrogen-bond acceptors (Lipinski definition) is 10. The monoisotopic (exact) mass is 588 g/mol. The summed E-state index contributed by atoms with van der Waals surface area (Å²) in [5.74, 6) is -1.09. The van der Waals surface area contributed by atoms with Crippen LogP contribution < -0.4 is 9.47 Å². The molecule has 3 aromatic carbocycles. The summed E-state index contributed by atoms with van der Waals surface area (Å²) in [5, 5.41) is 0. The Morgan fingerprint density at radius 3 is 1.70 bits per heavy atom. The molecule has 1 aliphatic rings. The van der Waals surface area contributed by atoms with Crippen LogP contribution in [-0.2, 0) is 28.5 Å². The maximum absolute atomic E-state index is 12.8. The Labute approximate surface area is 249 Å². The molecular formula is C33H32O10. The number of benzene rings is 3. The fourth-order valence-corrected chi connectivity index (χ4v) is 4.52. The zero-order chi connectivity index (χ0) is 30.8. The normalized spacial score (nSPS) is 12.9. The Morgan fingerprint density at radius 1 is 0.674 bits per heavy atom. The van der Waals surface area contributed by atoms with Gasteiger partial charge in [0.15, 0.2) is 0 Å². The molecule has 0 radical (unpaired) electrons. The first-order chi connectivity index (χ1) is 20.8. The summed E-state index contributed by atoms with van der Waals surface area (Å²) in [7, 11) is 0. The smallest absolute Gasteiger partial charge is 0.343 e. The van der Waals surface area contributed by atoms with Crippen LogP contribution in [0.2, 0.25) is 0 Å². The van der Waals surface area contributed by atoms with Crippen LogP contribution in [0.15, 0.2) is 73.3 Å². The van der Waals surface area contributed by atoms with Crippen molar-refractivity contribution in [3.05, 3.63) is 95.6 Å². The predicted molar refractivity (Wildman–Crippen MR) is 155 cm³/mol. The highest BCUT2D eigenvalue weighted by molar-refractivity contribution is 5.94. The number of rotatable bonds is 14. The van der Waals surface area contributed by atoms with Crippen LogP contribution in [0, 0.1) is 0 Å². The van der Waals surface area contributed by atoms with E-state index in [1.165, 1.54) is 31.2 Å². The Kier molecular flexibility index (Phi) is 10.8. The van der Waals surface area contributed by atoms with E-state index in [9.17, 15) is 19.2 Å². The predicted octanol–water partition coefficient (Wildman–Crippen LogP) is 4.88. The molecule has 1 aliphatic carbocycles. The van der Waals surface area contributed by atoms with Crippen LogP contribution in [0.4, 0.5) is 0 Å². The number of carbonyl (C=O) groups excluding carboxylic acids is 4. The third-order valence-corrected chi connectivity index (χ3v) is 6.57. The van der Waals surface area contributed by atoms with Gasteiger partial charge in [-0.15, -0.1) is 0 Å². The highest BCUT2D eigenvalue weighted by Gasteiger charge is 2.27. The van der Waals surface area contributed by atoms with E-state index in [1.807, 2.05) is 31.2 Å². The molecule has 43 heavy (non-hydrogen) atoms. The fraction of sp³-hybridized carbons (Fsp3) is 0.273. The molecule has 0 bridgehead atoms. The average molecular weight is 589 g/mol. The molecule has 0 heterocycles. The van der Waals surface area contributed by atoms with Crippen molar-refractivity contribution in [1.29, 1.82) is 0 Å². The summed E-state index contributed by atoms with van der Waals surface area (Å²) in [6.07, 6.45) is 1.08. The van der Waals surface area contributed by atoms with Gasteiger partial charge in [-0.3, -0.25) is 4.79 Å². The molecule has 4 rings (SSSR count). The van der Waals surface area contributed by atoms with E-state index in [1.54, 1.807) is 12.1 Å². The van der Waals surface area contributed by atoms with E-state index >= 15 is 0 Å². The molecular weight excluding hydrogens is 556 g/mol. The quantitative estimate of drug-likeness (QED) is 0.111. The van der Waals surface area contributed by atoms with Gasteiger partial charge in [0, 0.05) is 18.9 Å². The molecule has 0 spiro atoms. The van der Waals surface area contributed by atoms with Crippen LogP contribution in [0.3, 0.4) is 0 Å². The maximum atomic E-state index is 12.8. The van der Waals surface area contributed by atoms with Crippen molar-refractivity contribution >= 4 is 23.9 Å². The van der Waals surface area contributed by atoms with Gasteiger partial charge in [0.05, 0.1) is 37.6 Å². The second kappa shape index (κ2) is 14.9. The molecule has 10 heteroatoms. The lowest BCUT2D eigenvalue weighted by molar-refractivity contribution is -0.139. The molecule has 0 saturated heterocycles. The SMILES string of the molecule is C=CC(=O)OCCOCCOCCOC(=O)c1ccc(C(=O)Oc2ccc3c(c2)C(C)c2cc(OC(C)=O)ccc2-3)cc1. The molecule has 0 saturated carbocycles. The number of carbonyl (C=O) groups is 4. The Bertz CT molecular complexity index is 1490. The third kappa shape index (κ3) is 8.37. The Hall–Kier alpha value is -4.80. The third-order valence-electron chi connectivity index (χ3n) is 6.57. The number of fused-ring (bicyclic) bond motifs is 3. The van der Waals surface area contributed by atoms with E-state index in [0.29, 0.717) is 18.1 Å². The van der Waals surface area contributed by atoms with Crippen molar-refractivity contribution in [2.24, 2.45) is 0 Å². The van der Waals surface area contributed by atoms with Gasteiger partial charge in [0.2, 0.25) is 0 Å². The molecule has 1 atom stereocenters. The van der Waals surface area contributed by atoms with Crippen LogP contribution >= 0.6 is 0 Å². The van der Waals surface area contributed by atoms with E-state index in [-0.39, 0.29) is 56.0 Å². The van der Waals surface area contributed by atoms with E-state index in [0.717, 1.165) is 28.3 Å².